The Hall–Kier alpha value is -1.48. The lowest BCUT2D eigenvalue weighted by molar-refractivity contribution is -0.120. The molecular weight excluding hydrogens is 306 g/mol. The molecule has 0 radical (unpaired) electrons. The molecule has 0 bridgehead atoms. The molecule has 8 heteroatoms. The van der Waals surface area contributed by atoms with E-state index in [-0.39, 0.29) is 10.8 Å². The molecule has 7 nitrogen and oxygen atoms in total. The Bertz CT molecular complexity index is 652. The van der Waals surface area contributed by atoms with Crippen molar-refractivity contribution in [3.05, 3.63) is 23.8 Å². The molecule has 2 N–H and O–H groups in total. The molecule has 122 valence electrons. The number of morpholine rings is 1. The summed E-state index contributed by atoms with van der Waals surface area (Å²) in [5.74, 6) is -0.239. The van der Waals surface area contributed by atoms with Crippen LogP contribution in [-0.4, -0.2) is 58.5 Å². The number of hydrogen-bond donors (Lipinski definition) is 2. The van der Waals surface area contributed by atoms with Gasteiger partial charge < -0.3 is 15.4 Å². The number of anilines is 1. The summed E-state index contributed by atoms with van der Waals surface area (Å²) in [5.41, 5.74) is 1.08. The molecule has 1 heterocycles. The van der Waals surface area contributed by atoms with Crippen LogP contribution in [0.4, 0.5) is 5.69 Å². The van der Waals surface area contributed by atoms with Crippen LogP contribution in [-0.2, 0) is 19.6 Å². The van der Waals surface area contributed by atoms with Gasteiger partial charge in [0.1, 0.15) is 6.04 Å². The number of hydrogen-bond acceptors (Lipinski definition) is 5. The third-order valence-electron chi connectivity index (χ3n) is 3.45. The van der Waals surface area contributed by atoms with Crippen LogP contribution in [0.15, 0.2) is 23.1 Å². The SMILES string of the molecule is Cc1ccc(NC(=O)C2COCCN2)cc1S(=O)(=O)N(C)C. The Balaban J connectivity index is 2.21. The number of rotatable bonds is 4. The van der Waals surface area contributed by atoms with Crippen molar-refractivity contribution < 1.29 is 17.9 Å². The number of carbonyl (C=O) groups excluding carboxylic acids is 1. The van der Waals surface area contributed by atoms with E-state index >= 15 is 0 Å². The maximum atomic E-state index is 12.3. The van der Waals surface area contributed by atoms with Crippen LogP contribution in [0.1, 0.15) is 5.56 Å². The summed E-state index contributed by atoms with van der Waals surface area (Å²) >= 11 is 0. The first-order valence-corrected chi connectivity index (χ1v) is 8.41. The topological polar surface area (TPSA) is 87.7 Å². The molecule has 0 aliphatic carbocycles. The van der Waals surface area contributed by atoms with Crippen LogP contribution in [0.2, 0.25) is 0 Å². The number of ether oxygens (including phenoxy) is 1. The molecule has 0 aromatic heterocycles. The van der Waals surface area contributed by atoms with Gasteiger partial charge in [0.05, 0.1) is 18.1 Å². The minimum atomic E-state index is -3.55. The Morgan fingerprint density at radius 2 is 2.14 bits per heavy atom. The van der Waals surface area contributed by atoms with Gasteiger partial charge in [-0.2, -0.15) is 0 Å². The fourth-order valence-electron chi connectivity index (χ4n) is 2.12. The van der Waals surface area contributed by atoms with Gasteiger partial charge in [-0.05, 0) is 24.6 Å². The molecule has 22 heavy (non-hydrogen) atoms. The van der Waals surface area contributed by atoms with Gasteiger partial charge in [0, 0.05) is 26.3 Å². The zero-order valence-electron chi connectivity index (χ0n) is 12.9. The van der Waals surface area contributed by atoms with Crippen LogP contribution in [0.25, 0.3) is 0 Å². The number of benzene rings is 1. The lowest BCUT2D eigenvalue weighted by Crippen LogP contribution is -2.48. The van der Waals surface area contributed by atoms with E-state index in [2.05, 4.69) is 10.6 Å². The van der Waals surface area contributed by atoms with E-state index in [9.17, 15) is 13.2 Å². The maximum Gasteiger partial charge on any atom is 0.243 e. The highest BCUT2D eigenvalue weighted by Crippen LogP contribution is 2.22. The van der Waals surface area contributed by atoms with Gasteiger partial charge in [-0.25, -0.2) is 12.7 Å². The van der Waals surface area contributed by atoms with Gasteiger partial charge in [0.15, 0.2) is 0 Å². The fraction of sp³-hybridized carbons (Fsp3) is 0.500. The van der Waals surface area contributed by atoms with E-state index in [1.807, 2.05) is 0 Å². The van der Waals surface area contributed by atoms with Gasteiger partial charge in [0.25, 0.3) is 0 Å². The highest BCUT2D eigenvalue weighted by molar-refractivity contribution is 7.89. The van der Waals surface area contributed by atoms with Crippen molar-refractivity contribution in [3.8, 4) is 0 Å². The van der Waals surface area contributed by atoms with E-state index in [0.717, 1.165) is 4.31 Å². The van der Waals surface area contributed by atoms with Crippen LogP contribution in [0.3, 0.4) is 0 Å². The number of sulfonamides is 1. The standard InChI is InChI=1S/C14H21N3O4S/c1-10-4-5-11(8-13(10)22(19,20)17(2)3)16-14(18)12-9-21-7-6-15-12/h4-5,8,12,15H,6-7,9H2,1-3H3,(H,16,18). The quantitative estimate of drug-likeness (QED) is 0.823. The number of carbonyl (C=O) groups is 1. The third-order valence-corrected chi connectivity index (χ3v) is 5.41. The molecule has 1 aromatic rings. The lowest BCUT2D eigenvalue weighted by atomic mass is 10.2. The van der Waals surface area contributed by atoms with E-state index in [4.69, 9.17) is 4.74 Å². The van der Waals surface area contributed by atoms with Crippen molar-refractivity contribution in [2.45, 2.75) is 17.9 Å². The number of nitrogens with one attached hydrogen (secondary N) is 2. The predicted molar refractivity (Wildman–Crippen MR) is 83.3 cm³/mol. The van der Waals surface area contributed by atoms with Crippen molar-refractivity contribution in [3.63, 3.8) is 0 Å². The summed E-state index contributed by atoms with van der Waals surface area (Å²) in [7, 11) is -0.598. The summed E-state index contributed by atoms with van der Waals surface area (Å²) in [6.07, 6.45) is 0. The van der Waals surface area contributed by atoms with Crippen LogP contribution >= 0.6 is 0 Å². The molecule has 1 saturated heterocycles. The van der Waals surface area contributed by atoms with Crippen LogP contribution in [0, 0.1) is 6.92 Å². The fourth-order valence-corrected chi connectivity index (χ4v) is 3.26. The molecular formula is C14H21N3O4S. The minimum Gasteiger partial charge on any atom is -0.378 e. The van der Waals surface area contributed by atoms with E-state index in [1.165, 1.54) is 20.2 Å². The number of amides is 1. The second kappa shape index (κ2) is 6.74. The Labute approximate surface area is 130 Å². The molecule has 1 atom stereocenters. The van der Waals surface area contributed by atoms with Crippen molar-refractivity contribution >= 4 is 21.6 Å². The highest BCUT2D eigenvalue weighted by atomic mass is 32.2. The monoisotopic (exact) mass is 327 g/mol. The molecule has 1 aromatic carbocycles. The van der Waals surface area contributed by atoms with Gasteiger partial charge >= 0.3 is 0 Å². The Morgan fingerprint density at radius 3 is 2.73 bits per heavy atom. The Morgan fingerprint density at radius 1 is 1.41 bits per heavy atom. The predicted octanol–water partition coefficient (Wildman–Crippen LogP) is 0.172. The van der Waals surface area contributed by atoms with E-state index in [1.54, 1.807) is 19.1 Å². The summed E-state index contributed by atoms with van der Waals surface area (Å²) in [4.78, 5) is 12.3. The van der Waals surface area contributed by atoms with E-state index in [0.29, 0.717) is 31.0 Å². The summed E-state index contributed by atoms with van der Waals surface area (Å²) in [5, 5.41) is 5.78. The van der Waals surface area contributed by atoms with Crippen molar-refractivity contribution in [2.24, 2.45) is 0 Å². The van der Waals surface area contributed by atoms with Crippen molar-refractivity contribution in [1.82, 2.24) is 9.62 Å². The minimum absolute atomic E-state index is 0.183. The smallest absolute Gasteiger partial charge is 0.243 e. The second-order valence-corrected chi connectivity index (χ2v) is 7.46. The van der Waals surface area contributed by atoms with Gasteiger partial charge in [0.2, 0.25) is 15.9 Å². The first kappa shape index (κ1) is 16.9. The number of nitrogens with zero attached hydrogens (tertiary/aromatic N) is 1. The van der Waals surface area contributed by atoms with Crippen molar-refractivity contribution in [1.29, 1.82) is 0 Å². The molecule has 2 rings (SSSR count). The molecule has 1 unspecified atom stereocenters. The number of aryl methyl sites for hydroxylation is 1. The molecule has 1 aliphatic rings. The largest absolute Gasteiger partial charge is 0.378 e. The van der Waals surface area contributed by atoms with Crippen LogP contribution in [0.5, 0.6) is 0 Å². The average Bonchev–Trinajstić information content (AvgIpc) is 2.49. The lowest BCUT2D eigenvalue weighted by Gasteiger charge is -2.23. The van der Waals surface area contributed by atoms with Gasteiger partial charge in [-0.15, -0.1) is 0 Å². The second-order valence-electron chi connectivity index (χ2n) is 5.34. The van der Waals surface area contributed by atoms with Crippen molar-refractivity contribution in [2.75, 3.05) is 39.2 Å². The third kappa shape index (κ3) is 3.64. The van der Waals surface area contributed by atoms with Gasteiger partial charge in [-0.3, -0.25) is 4.79 Å². The summed E-state index contributed by atoms with van der Waals surface area (Å²) < 4.78 is 30.9. The van der Waals surface area contributed by atoms with E-state index < -0.39 is 16.1 Å². The first-order chi connectivity index (χ1) is 10.3. The normalized spacial score (nSPS) is 19.2. The molecule has 1 fully saturated rings. The molecule has 0 saturated carbocycles. The zero-order chi connectivity index (χ0) is 16.3. The Kier molecular flexibility index (Phi) is 5.17. The average molecular weight is 327 g/mol. The van der Waals surface area contributed by atoms with Gasteiger partial charge in [-0.1, -0.05) is 6.07 Å². The maximum absolute atomic E-state index is 12.3. The summed E-state index contributed by atoms with van der Waals surface area (Å²) in [6.45, 7) is 3.23. The zero-order valence-corrected chi connectivity index (χ0v) is 13.7. The van der Waals surface area contributed by atoms with Crippen LogP contribution < -0.4 is 10.6 Å². The summed E-state index contributed by atoms with van der Waals surface area (Å²) in [6, 6.07) is 4.42. The molecule has 1 aliphatic heterocycles. The highest BCUT2D eigenvalue weighted by Gasteiger charge is 2.23. The first-order valence-electron chi connectivity index (χ1n) is 6.97. The molecule has 0 spiro atoms. The molecule has 1 amide bonds.